The Hall–Kier alpha value is -2.75. The number of aryl methyl sites for hydroxylation is 2. The number of methoxy groups -OCH3 is 1. The van der Waals surface area contributed by atoms with Gasteiger partial charge in [0.1, 0.15) is 11.3 Å². The van der Waals surface area contributed by atoms with E-state index in [9.17, 15) is 4.79 Å². The van der Waals surface area contributed by atoms with Gasteiger partial charge in [0.25, 0.3) is 5.91 Å². The van der Waals surface area contributed by atoms with E-state index in [-0.39, 0.29) is 11.9 Å². The molecule has 3 aromatic rings. The number of rotatable bonds is 3. The molecule has 2 aromatic carbocycles. The molecule has 134 valence electrons. The van der Waals surface area contributed by atoms with E-state index in [0.717, 1.165) is 52.8 Å². The molecule has 0 radical (unpaired) electrons. The first-order valence-electron chi connectivity index (χ1n) is 9.03. The zero-order chi connectivity index (χ0) is 18.3. The number of hydrogen-bond donors (Lipinski definition) is 0. The summed E-state index contributed by atoms with van der Waals surface area (Å²) in [5, 5.41) is 1.02. The Morgan fingerprint density at radius 3 is 2.85 bits per heavy atom. The van der Waals surface area contributed by atoms with Gasteiger partial charge in [-0.05, 0) is 56.5 Å². The Balaban J connectivity index is 1.70. The minimum Gasteiger partial charge on any atom is -0.497 e. The normalized spacial score (nSPS) is 17.0. The Labute approximate surface area is 153 Å². The van der Waals surface area contributed by atoms with Crippen molar-refractivity contribution in [2.45, 2.75) is 32.7 Å². The van der Waals surface area contributed by atoms with Crippen LogP contribution in [0.15, 0.2) is 46.9 Å². The number of furan rings is 1. The van der Waals surface area contributed by atoms with E-state index < -0.39 is 0 Å². The van der Waals surface area contributed by atoms with Crippen LogP contribution in [0.1, 0.15) is 46.1 Å². The van der Waals surface area contributed by atoms with Gasteiger partial charge in [0.15, 0.2) is 5.76 Å². The van der Waals surface area contributed by atoms with Gasteiger partial charge in [-0.1, -0.05) is 23.8 Å². The van der Waals surface area contributed by atoms with Crippen LogP contribution in [0, 0.1) is 13.8 Å². The van der Waals surface area contributed by atoms with E-state index in [2.05, 4.69) is 12.1 Å². The van der Waals surface area contributed by atoms with E-state index in [4.69, 9.17) is 9.15 Å². The lowest BCUT2D eigenvalue weighted by Gasteiger charge is -2.24. The fourth-order valence-corrected chi connectivity index (χ4v) is 3.87. The second kappa shape index (κ2) is 6.52. The number of amides is 1. The summed E-state index contributed by atoms with van der Waals surface area (Å²) in [6, 6.07) is 14.1. The molecular weight excluding hydrogens is 326 g/mol. The maximum absolute atomic E-state index is 13.3. The minimum atomic E-state index is -0.0262. The van der Waals surface area contributed by atoms with Crippen LogP contribution in [0.3, 0.4) is 0 Å². The molecule has 4 heteroatoms. The Kier molecular flexibility index (Phi) is 4.19. The van der Waals surface area contributed by atoms with E-state index in [1.807, 2.05) is 49.1 Å². The molecule has 2 heterocycles. The van der Waals surface area contributed by atoms with Crippen LogP contribution in [0.25, 0.3) is 11.0 Å². The van der Waals surface area contributed by atoms with Crippen LogP contribution in [-0.2, 0) is 0 Å². The molecule has 1 saturated heterocycles. The fraction of sp³-hybridized carbons (Fsp3) is 0.318. The van der Waals surface area contributed by atoms with Gasteiger partial charge >= 0.3 is 0 Å². The summed E-state index contributed by atoms with van der Waals surface area (Å²) in [6.45, 7) is 4.76. The van der Waals surface area contributed by atoms with Crippen LogP contribution >= 0.6 is 0 Å². The molecule has 1 atom stereocenters. The molecule has 0 aliphatic carbocycles. The summed E-state index contributed by atoms with van der Waals surface area (Å²) >= 11 is 0. The number of benzene rings is 2. The molecule has 1 aromatic heterocycles. The highest BCUT2D eigenvalue weighted by Crippen LogP contribution is 2.36. The Bertz CT molecular complexity index is 973. The van der Waals surface area contributed by atoms with Crippen molar-refractivity contribution in [2.24, 2.45) is 0 Å². The van der Waals surface area contributed by atoms with Crippen molar-refractivity contribution in [3.8, 4) is 5.75 Å². The predicted molar refractivity (Wildman–Crippen MR) is 102 cm³/mol. The molecule has 1 unspecified atom stereocenters. The smallest absolute Gasteiger partial charge is 0.290 e. The Morgan fingerprint density at radius 2 is 2.04 bits per heavy atom. The molecule has 26 heavy (non-hydrogen) atoms. The standard InChI is InChI=1S/C22H23NO3/c1-14-9-10-20-18(12-14)15(2)21(26-20)22(24)23-11-5-8-19(23)16-6-4-7-17(13-16)25-3/h4,6-7,9-10,12-13,19H,5,8,11H2,1-3H3. The zero-order valence-electron chi connectivity index (χ0n) is 15.4. The van der Waals surface area contributed by atoms with Crippen LogP contribution in [0.2, 0.25) is 0 Å². The summed E-state index contributed by atoms with van der Waals surface area (Å²) in [7, 11) is 1.66. The highest BCUT2D eigenvalue weighted by Gasteiger charge is 2.33. The SMILES string of the molecule is COc1cccc(C2CCCN2C(=O)c2oc3ccc(C)cc3c2C)c1. The third kappa shape index (κ3) is 2.75. The number of fused-ring (bicyclic) bond motifs is 1. The van der Waals surface area contributed by atoms with Gasteiger partial charge in [0.2, 0.25) is 0 Å². The second-order valence-electron chi connectivity index (χ2n) is 6.99. The monoisotopic (exact) mass is 349 g/mol. The van der Waals surface area contributed by atoms with Gasteiger partial charge in [0.05, 0.1) is 13.2 Å². The number of nitrogens with zero attached hydrogens (tertiary/aromatic N) is 1. The fourth-order valence-electron chi connectivity index (χ4n) is 3.87. The molecule has 1 fully saturated rings. The van der Waals surface area contributed by atoms with Crippen molar-refractivity contribution in [3.05, 3.63) is 64.9 Å². The third-order valence-corrected chi connectivity index (χ3v) is 5.28. The van der Waals surface area contributed by atoms with Gasteiger partial charge in [-0.25, -0.2) is 0 Å². The highest BCUT2D eigenvalue weighted by molar-refractivity contribution is 5.99. The molecule has 4 rings (SSSR count). The van der Waals surface area contributed by atoms with E-state index >= 15 is 0 Å². The summed E-state index contributed by atoms with van der Waals surface area (Å²) in [4.78, 5) is 15.2. The lowest BCUT2D eigenvalue weighted by atomic mass is 10.0. The van der Waals surface area contributed by atoms with Crippen molar-refractivity contribution in [2.75, 3.05) is 13.7 Å². The van der Waals surface area contributed by atoms with Crippen molar-refractivity contribution in [1.29, 1.82) is 0 Å². The molecule has 0 N–H and O–H groups in total. The molecule has 0 saturated carbocycles. The molecule has 1 aliphatic heterocycles. The first kappa shape index (κ1) is 16.7. The number of carbonyl (C=O) groups is 1. The van der Waals surface area contributed by atoms with Crippen molar-refractivity contribution < 1.29 is 13.9 Å². The first-order valence-corrected chi connectivity index (χ1v) is 9.03. The number of hydrogen-bond acceptors (Lipinski definition) is 3. The molecule has 1 amide bonds. The van der Waals surface area contributed by atoms with Gasteiger partial charge < -0.3 is 14.1 Å². The second-order valence-corrected chi connectivity index (χ2v) is 6.99. The van der Waals surface area contributed by atoms with Gasteiger partial charge in [-0.2, -0.15) is 0 Å². The third-order valence-electron chi connectivity index (χ3n) is 5.28. The maximum atomic E-state index is 13.3. The molecule has 0 spiro atoms. The number of ether oxygens (including phenoxy) is 1. The molecular formula is C22H23NO3. The van der Waals surface area contributed by atoms with E-state index in [1.165, 1.54) is 0 Å². The first-order chi connectivity index (χ1) is 12.6. The number of carbonyl (C=O) groups excluding carboxylic acids is 1. The van der Waals surface area contributed by atoms with Crippen LogP contribution in [0.5, 0.6) is 5.75 Å². The summed E-state index contributed by atoms with van der Waals surface area (Å²) in [5.74, 6) is 1.25. The summed E-state index contributed by atoms with van der Waals surface area (Å²) < 4.78 is 11.3. The molecule has 0 bridgehead atoms. The largest absolute Gasteiger partial charge is 0.497 e. The number of likely N-dealkylation sites (tertiary alicyclic amines) is 1. The molecule has 4 nitrogen and oxygen atoms in total. The molecule has 1 aliphatic rings. The minimum absolute atomic E-state index is 0.0262. The quantitative estimate of drug-likeness (QED) is 0.665. The van der Waals surface area contributed by atoms with Gasteiger partial charge in [-0.15, -0.1) is 0 Å². The van der Waals surface area contributed by atoms with Crippen LogP contribution in [0.4, 0.5) is 0 Å². The van der Waals surface area contributed by atoms with Crippen LogP contribution in [-0.4, -0.2) is 24.5 Å². The van der Waals surface area contributed by atoms with Gasteiger partial charge in [-0.3, -0.25) is 4.79 Å². The van der Waals surface area contributed by atoms with E-state index in [0.29, 0.717) is 5.76 Å². The predicted octanol–water partition coefficient (Wildman–Crippen LogP) is 5.04. The van der Waals surface area contributed by atoms with E-state index in [1.54, 1.807) is 7.11 Å². The lowest BCUT2D eigenvalue weighted by Crippen LogP contribution is -2.30. The lowest BCUT2D eigenvalue weighted by molar-refractivity contribution is 0.0704. The maximum Gasteiger partial charge on any atom is 0.290 e. The average molecular weight is 349 g/mol. The van der Waals surface area contributed by atoms with Crippen molar-refractivity contribution in [1.82, 2.24) is 4.90 Å². The van der Waals surface area contributed by atoms with Crippen molar-refractivity contribution in [3.63, 3.8) is 0 Å². The Morgan fingerprint density at radius 1 is 1.19 bits per heavy atom. The van der Waals surface area contributed by atoms with Crippen molar-refractivity contribution >= 4 is 16.9 Å². The van der Waals surface area contributed by atoms with Gasteiger partial charge in [0, 0.05) is 17.5 Å². The summed E-state index contributed by atoms with van der Waals surface area (Å²) in [6.07, 6.45) is 1.95. The summed E-state index contributed by atoms with van der Waals surface area (Å²) in [5.41, 5.74) is 3.97. The topological polar surface area (TPSA) is 42.7 Å². The zero-order valence-corrected chi connectivity index (χ0v) is 15.4. The average Bonchev–Trinajstić information content (AvgIpc) is 3.27. The highest BCUT2D eigenvalue weighted by atomic mass is 16.5. The van der Waals surface area contributed by atoms with Crippen LogP contribution < -0.4 is 4.74 Å².